The van der Waals surface area contributed by atoms with Gasteiger partial charge >= 0.3 is 0 Å². The minimum absolute atomic E-state index is 0.223. The molecule has 0 aliphatic carbocycles. The minimum Gasteiger partial charge on any atom is -0.497 e. The lowest BCUT2D eigenvalue weighted by molar-refractivity contribution is -0.303. The van der Waals surface area contributed by atoms with Crippen LogP contribution in [0.3, 0.4) is 0 Å². The largest absolute Gasteiger partial charge is 0.497 e. The lowest BCUT2D eigenvalue weighted by atomic mass is 9.98. The molecule has 2 heterocycles. The summed E-state index contributed by atoms with van der Waals surface area (Å²) in [4.78, 5) is 25.8. The molecule has 2 aromatic rings. The van der Waals surface area contributed by atoms with Crippen LogP contribution < -0.4 is 20.1 Å². The van der Waals surface area contributed by atoms with Crippen molar-refractivity contribution in [3.63, 3.8) is 0 Å². The van der Waals surface area contributed by atoms with E-state index in [1.807, 2.05) is 36.4 Å². The Kier molecular flexibility index (Phi) is 49.7. The first-order valence-corrected chi connectivity index (χ1v) is 37.8. The summed E-state index contributed by atoms with van der Waals surface area (Å²) in [5, 5.41) is 130. The number of ether oxygens (including phenoxy) is 6. The molecule has 2 fully saturated rings. The molecule has 2 aliphatic heterocycles. The Labute approximate surface area is 586 Å². The molecule has 98 heavy (non-hydrogen) atoms. The zero-order valence-corrected chi connectivity index (χ0v) is 60.2. The number of hydrogen-bond acceptors (Lipinski definition) is 20. The van der Waals surface area contributed by atoms with Gasteiger partial charge in [-0.1, -0.05) is 218 Å². The Bertz CT molecular complexity index is 2240. The molecule has 22 nitrogen and oxygen atoms in total. The Hall–Kier alpha value is -3.66. The van der Waals surface area contributed by atoms with Crippen LogP contribution in [0.25, 0.3) is 0 Å². The van der Waals surface area contributed by atoms with E-state index < -0.39 is 111 Å². The molecule has 0 bridgehead atoms. The van der Waals surface area contributed by atoms with Crippen molar-refractivity contribution in [3.8, 4) is 11.5 Å². The third kappa shape index (κ3) is 37.0. The van der Waals surface area contributed by atoms with E-state index in [2.05, 4.69) is 36.6 Å². The zero-order valence-electron chi connectivity index (χ0n) is 60.2. The molecule has 0 aromatic heterocycles. The number of aliphatic hydroxyl groups is 12. The highest BCUT2D eigenvalue weighted by Gasteiger charge is 2.46. The molecule has 2 aliphatic rings. The van der Waals surface area contributed by atoms with Gasteiger partial charge in [0.15, 0.2) is 12.6 Å². The average molecular weight is 1400 g/mol. The third-order valence-electron chi connectivity index (χ3n) is 19.1. The van der Waals surface area contributed by atoms with Gasteiger partial charge in [-0.2, -0.15) is 0 Å². The lowest BCUT2D eigenvalue weighted by Gasteiger charge is -2.40. The molecule has 2 aromatic carbocycles. The topological polar surface area (TPSA) is 356 Å². The number of methoxy groups -OCH3 is 2. The second-order valence-corrected chi connectivity index (χ2v) is 27.4. The Morgan fingerprint density at radius 1 is 0.398 bits per heavy atom. The van der Waals surface area contributed by atoms with Crippen LogP contribution in [0.4, 0.5) is 0 Å². The van der Waals surface area contributed by atoms with Crippen molar-refractivity contribution in [2.45, 2.75) is 356 Å². The summed E-state index contributed by atoms with van der Waals surface area (Å²) in [5.41, 5.74) is 2.46. The summed E-state index contributed by atoms with van der Waals surface area (Å²) in [5.74, 6) is 1.05. The number of benzene rings is 2. The van der Waals surface area contributed by atoms with Crippen molar-refractivity contribution >= 4 is 11.8 Å². The van der Waals surface area contributed by atoms with Gasteiger partial charge in [0.25, 0.3) is 0 Å². The van der Waals surface area contributed by atoms with Gasteiger partial charge < -0.3 is 100 Å². The van der Waals surface area contributed by atoms with E-state index in [4.69, 9.17) is 28.4 Å². The summed E-state index contributed by atoms with van der Waals surface area (Å²) in [7, 11) is 3.28. The van der Waals surface area contributed by atoms with Crippen molar-refractivity contribution in [2.75, 3.05) is 40.6 Å². The van der Waals surface area contributed by atoms with E-state index in [-0.39, 0.29) is 37.9 Å². The predicted octanol–water partition coefficient (Wildman–Crippen LogP) is 8.61. The number of nitrogens with one attached hydrogen (secondary N) is 2. The highest BCUT2D eigenvalue weighted by atomic mass is 16.7. The monoisotopic (exact) mass is 1390 g/mol. The van der Waals surface area contributed by atoms with Crippen molar-refractivity contribution in [3.05, 3.63) is 59.7 Å². The van der Waals surface area contributed by atoms with Gasteiger partial charge in [-0.05, 0) is 86.8 Å². The number of hydrogen-bond donors (Lipinski definition) is 14. The molecule has 0 saturated carbocycles. The number of aryl methyl sites for hydroxylation is 2. The number of unbranched alkanes of at least 4 members (excludes halogenated alkanes) is 28. The maximum atomic E-state index is 12.9. The highest BCUT2D eigenvalue weighted by molar-refractivity contribution is 5.76. The molecular weight excluding hydrogens is 1260 g/mol. The zero-order chi connectivity index (χ0) is 71.7. The van der Waals surface area contributed by atoms with Crippen LogP contribution in [0, 0.1) is 0 Å². The van der Waals surface area contributed by atoms with E-state index in [1.54, 1.807) is 14.2 Å². The Morgan fingerprint density at radius 2 is 0.684 bits per heavy atom. The number of carbonyl (C=O) groups excluding carboxylic acids is 2. The molecule has 568 valence electrons. The normalized spacial score (nSPS) is 22.8. The van der Waals surface area contributed by atoms with Crippen LogP contribution in [0.15, 0.2) is 48.5 Å². The van der Waals surface area contributed by atoms with Crippen molar-refractivity contribution < 1.29 is 99.3 Å². The molecule has 4 rings (SSSR count). The SMILES string of the molecule is CCCCCCCCCCCCCC[C@@H](O)[C@@H](O)[C@H](COC1OC(CO)C(O)C(O)C1O)NC(=O)CCCCCCCc1ccc(OC)cc1.CCCCCCCCCCCCCC[C@@H](O)[C@@H](O)[C@H](COC1OC(CO)C(O)C(O)C1O)NC(=O)CCCCCc1ccc(OC)cc1. The molecule has 2 saturated heterocycles. The molecule has 16 atom stereocenters. The van der Waals surface area contributed by atoms with Gasteiger partial charge in [-0.25, -0.2) is 0 Å². The van der Waals surface area contributed by atoms with Crippen molar-refractivity contribution in [1.29, 1.82) is 0 Å². The summed E-state index contributed by atoms with van der Waals surface area (Å²) in [6.07, 6.45) is 19.0. The molecule has 0 spiro atoms. The summed E-state index contributed by atoms with van der Waals surface area (Å²) >= 11 is 0. The van der Waals surface area contributed by atoms with E-state index in [9.17, 15) is 70.9 Å². The average Bonchev–Trinajstić information content (AvgIpc) is 0.842. The van der Waals surface area contributed by atoms with Gasteiger partial charge in [-0.15, -0.1) is 0 Å². The van der Waals surface area contributed by atoms with Gasteiger partial charge in [-0.3, -0.25) is 9.59 Å². The van der Waals surface area contributed by atoms with Gasteiger partial charge in [0.2, 0.25) is 11.8 Å². The fourth-order valence-electron chi connectivity index (χ4n) is 12.6. The van der Waals surface area contributed by atoms with E-state index >= 15 is 0 Å². The number of amides is 2. The smallest absolute Gasteiger partial charge is 0.220 e. The summed E-state index contributed by atoms with van der Waals surface area (Å²) in [6, 6.07) is 13.9. The maximum absolute atomic E-state index is 12.9. The van der Waals surface area contributed by atoms with Crippen LogP contribution in [0.5, 0.6) is 11.5 Å². The maximum Gasteiger partial charge on any atom is 0.220 e. The van der Waals surface area contributed by atoms with Crippen LogP contribution in [0.1, 0.15) is 256 Å². The first-order chi connectivity index (χ1) is 47.4. The lowest BCUT2D eigenvalue weighted by Crippen LogP contribution is -2.60. The van der Waals surface area contributed by atoms with E-state index in [0.29, 0.717) is 25.7 Å². The first-order valence-electron chi connectivity index (χ1n) is 37.8. The fraction of sp³-hybridized carbons (Fsp3) is 0.816. The Balaban J connectivity index is 0.000000511. The molecule has 10 unspecified atom stereocenters. The van der Waals surface area contributed by atoms with Gasteiger partial charge in [0.05, 0.1) is 64.9 Å². The third-order valence-corrected chi connectivity index (χ3v) is 19.1. The second-order valence-electron chi connectivity index (χ2n) is 27.4. The standard InChI is InChI=1S/C39H69NO10.C37H65NO10/c1-3-4-5-6-7-8-9-10-11-12-15-18-21-32(42)35(44)31(28-49-39-38(47)37(46)36(45)33(27-41)50-39)40-34(43)22-19-16-13-14-17-20-29-23-25-30(48-2)26-24-29;1-3-4-5-6-7-8-9-10-11-12-13-16-19-30(40)33(42)29(26-47-37-36(45)35(44)34(43)31(25-39)48-37)38-32(41)20-17-14-15-18-27-21-23-28(46-2)24-22-27/h23-26,31-33,35-39,41-42,44-47H,3-22,27-28H2,1-2H3,(H,40,43);21-24,29-31,33-37,39-40,42-45H,3-20,25-26H2,1-2H3,(H,38,41)/t31-,32+,33?,35-,36?,37?,38?,39?;29-,30+,31?,33-,34?,35?,36?,37?/m00/s1. The van der Waals surface area contributed by atoms with Crippen LogP contribution in [-0.4, -0.2) is 212 Å². The van der Waals surface area contributed by atoms with Crippen molar-refractivity contribution in [1.82, 2.24) is 10.6 Å². The first kappa shape index (κ1) is 88.6. The summed E-state index contributed by atoms with van der Waals surface area (Å²) < 4.78 is 32.6. The fourth-order valence-corrected chi connectivity index (χ4v) is 12.6. The quantitative estimate of drug-likeness (QED) is 0.0276. The van der Waals surface area contributed by atoms with Crippen LogP contribution in [-0.2, 0) is 41.4 Å². The van der Waals surface area contributed by atoms with E-state index in [1.165, 1.54) is 114 Å². The number of aliphatic hydroxyl groups excluding tert-OH is 12. The van der Waals surface area contributed by atoms with Gasteiger partial charge in [0, 0.05) is 12.8 Å². The molecule has 14 N–H and O–H groups in total. The summed E-state index contributed by atoms with van der Waals surface area (Å²) in [6.45, 7) is 2.60. The minimum atomic E-state index is -1.62. The van der Waals surface area contributed by atoms with Crippen LogP contribution >= 0.6 is 0 Å². The second kappa shape index (κ2) is 55.0. The molecular formula is C76H134N2O20. The molecule has 22 heteroatoms. The number of carbonyl (C=O) groups is 2. The van der Waals surface area contributed by atoms with Gasteiger partial charge in [0.1, 0.15) is 72.5 Å². The molecule has 2 amide bonds. The number of rotatable bonds is 56. The van der Waals surface area contributed by atoms with Crippen molar-refractivity contribution in [2.24, 2.45) is 0 Å². The van der Waals surface area contributed by atoms with E-state index in [0.717, 1.165) is 114 Å². The Morgan fingerprint density at radius 3 is 0.990 bits per heavy atom. The predicted molar refractivity (Wildman–Crippen MR) is 378 cm³/mol. The van der Waals surface area contributed by atoms with Crippen LogP contribution in [0.2, 0.25) is 0 Å². The highest BCUT2D eigenvalue weighted by Crippen LogP contribution is 2.26. The molecule has 0 radical (unpaired) electrons.